The van der Waals surface area contributed by atoms with Gasteiger partial charge < -0.3 is 10.8 Å². The van der Waals surface area contributed by atoms with Gasteiger partial charge in [0.25, 0.3) is 0 Å². The van der Waals surface area contributed by atoms with Gasteiger partial charge in [-0.1, -0.05) is 24.0 Å². The second kappa shape index (κ2) is 5.92. The van der Waals surface area contributed by atoms with E-state index in [-0.39, 0.29) is 0 Å². The third kappa shape index (κ3) is 3.38. The molecule has 1 fully saturated rings. The average molecular weight is 284 g/mol. The van der Waals surface area contributed by atoms with E-state index in [2.05, 4.69) is 11.8 Å². The lowest BCUT2D eigenvalue weighted by Crippen LogP contribution is -2.42. The molecule has 2 aliphatic rings. The molecule has 1 saturated heterocycles. The van der Waals surface area contributed by atoms with Crippen LogP contribution in [0.1, 0.15) is 26.7 Å². The van der Waals surface area contributed by atoms with Crippen LogP contribution in [0.4, 0.5) is 4.79 Å². The number of nitrogens with zero attached hydrogens (tertiary/aromatic N) is 1. The van der Waals surface area contributed by atoms with Gasteiger partial charge in [0.1, 0.15) is 0 Å². The predicted octanol–water partition coefficient (Wildman–Crippen LogP) is 2.81. The highest BCUT2D eigenvalue weighted by atomic mass is 16.4. The van der Waals surface area contributed by atoms with Crippen LogP contribution in [-0.4, -0.2) is 28.2 Å². The number of carbonyl (C=O) groups is 1. The third-order valence-corrected chi connectivity index (χ3v) is 3.90. The molecule has 1 aliphatic carbocycles. The van der Waals surface area contributed by atoms with Crippen molar-refractivity contribution in [2.45, 2.75) is 32.2 Å². The van der Waals surface area contributed by atoms with E-state index in [1.165, 1.54) is 4.90 Å². The van der Waals surface area contributed by atoms with Gasteiger partial charge in [0.05, 0.1) is 5.54 Å². The minimum Gasteiger partial charge on any atom is -0.465 e. The molecule has 0 aromatic carbocycles. The van der Waals surface area contributed by atoms with Crippen LogP contribution in [0.5, 0.6) is 0 Å². The molecule has 0 unspecified atom stereocenters. The van der Waals surface area contributed by atoms with Gasteiger partial charge in [0.15, 0.2) is 0 Å². The van der Waals surface area contributed by atoms with Crippen molar-refractivity contribution in [3.63, 3.8) is 0 Å². The SMILES string of the molecule is CC1(C)/C(=C/C#CC2=CCC(N)=CC=C2)CCN1C(=O)O. The summed E-state index contributed by atoms with van der Waals surface area (Å²) in [5.41, 5.74) is 8.05. The Morgan fingerprint density at radius 2 is 2.29 bits per heavy atom. The topological polar surface area (TPSA) is 66.6 Å². The maximum atomic E-state index is 11.2. The number of hydrogen-bond acceptors (Lipinski definition) is 2. The first-order chi connectivity index (χ1) is 9.91. The molecule has 0 spiro atoms. The Morgan fingerprint density at radius 3 is 2.95 bits per heavy atom. The summed E-state index contributed by atoms with van der Waals surface area (Å²) in [5, 5.41) is 9.18. The fourth-order valence-electron chi connectivity index (χ4n) is 2.51. The van der Waals surface area contributed by atoms with Crippen molar-refractivity contribution in [3.8, 4) is 11.8 Å². The van der Waals surface area contributed by atoms with Crippen LogP contribution in [0, 0.1) is 11.8 Å². The van der Waals surface area contributed by atoms with E-state index >= 15 is 0 Å². The Balaban J connectivity index is 2.13. The molecule has 0 aromatic heterocycles. The zero-order valence-corrected chi connectivity index (χ0v) is 12.4. The van der Waals surface area contributed by atoms with Crippen LogP contribution >= 0.6 is 0 Å². The Hall–Kier alpha value is -2.41. The van der Waals surface area contributed by atoms with Gasteiger partial charge in [0.2, 0.25) is 0 Å². The first kappa shape index (κ1) is 15.0. The van der Waals surface area contributed by atoms with E-state index in [1.54, 1.807) is 0 Å². The standard InChI is InChI=1S/C17H20N2O2/c1-17(2)14(11-12-19(17)16(20)21)7-3-5-13-6-4-8-15(18)10-9-13/h4,6-9H,10-12,18H2,1-2H3,(H,20,21)/b14-7+. The normalized spacial score (nSPS) is 22.2. The fraction of sp³-hybridized carbons (Fsp3) is 0.353. The van der Waals surface area contributed by atoms with Crippen molar-refractivity contribution in [2.24, 2.45) is 5.73 Å². The van der Waals surface area contributed by atoms with Gasteiger partial charge >= 0.3 is 6.09 Å². The zero-order valence-electron chi connectivity index (χ0n) is 12.4. The minimum atomic E-state index is -0.882. The van der Waals surface area contributed by atoms with Crippen molar-refractivity contribution in [2.75, 3.05) is 6.54 Å². The number of likely N-dealkylation sites (tertiary alicyclic amines) is 1. The molecule has 0 radical (unpaired) electrons. The van der Waals surface area contributed by atoms with Crippen molar-refractivity contribution >= 4 is 6.09 Å². The molecule has 3 N–H and O–H groups in total. The minimum absolute atomic E-state index is 0.486. The van der Waals surface area contributed by atoms with Crippen LogP contribution in [0.2, 0.25) is 0 Å². The molecular weight excluding hydrogens is 264 g/mol. The highest BCUT2D eigenvalue weighted by molar-refractivity contribution is 5.68. The molecule has 21 heavy (non-hydrogen) atoms. The summed E-state index contributed by atoms with van der Waals surface area (Å²) in [5.74, 6) is 6.12. The number of carboxylic acid groups (broad SMARTS) is 1. The summed E-state index contributed by atoms with van der Waals surface area (Å²) in [6, 6.07) is 0. The molecule has 4 nitrogen and oxygen atoms in total. The molecule has 0 aromatic rings. The Labute approximate surface area is 125 Å². The second-order valence-electron chi connectivity index (χ2n) is 5.65. The molecule has 1 amide bonds. The van der Waals surface area contributed by atoms with Crippen molar-refractivity contribution < 1.29 is 9.90 Å². The second-order valence-corrected chi connectivity index (χ2v) is 5.65. The molecule has 0 atom stereocenters. The fourth-order valence-corrected chi connectivity index (χ4v) is 2.51. The largest absolute Gasteiger partial charge is 0.465 e. The number of nitrogens with two attached hydrogens (primary N) is 1. The van der Waals surface area contributed by atoms with Gasteiger partial charge in [-0.05, 0) is 44.1 Å². The van der Waals surface area contributed by atoms with Crippen LogP contribution in [0.15, 0.2) is 47.2 Å². The monoisotopic (exact) mass is 284 g/mol. The maximum Gasteiger partial charge on any atom is 0.408 e. The Bertz CT molecular complexity index is 625. The van der Waals surface area contributed by atoms with Crippen molar-refractivity contribution in [1.29, 1.82) is 0 Å². The van der Waals surface area contributed by atoms with Crippen LogP contribution < -0.4 is 5.73 Å². The average Bonchev–Trinajstić information content (AvgIpc) is 2.57. The Kier molecular flexibility index (Phi) is 4.23. The van der Waals surface area contributed by atoms with Crippen LogP contribution in [0.25, 0.3) is 0 Å². The molecule has 2 rings (SSSR count). The van der Waals surface area contributed by atoms with Crippen LogP contribution in [-0.2, 0) is 0 Å². The van der Waals surface area contributed by atoms with Crippen molar-refractivity contribution in [1.82, 2.24) is 4.90 Å². The summed E-state index contributed by atoms with van der Waals surface area (Å²) < 4.78 is 0. The van der Waals surface area contributed by atoms with E-state index < -0.39 is 11.6 Å². The van der Waals surface area contributed by atoms with E-state index in [0.717, 1.165) is 23.3 Å². The van der Waals surface area contributed by atoms with E-state index in [4.69, 9.17) is 5.73 Å². The predicted molar refractivity (Wildman–Crippen MR) is 83.4 cm³/mol. The van der Waals surface area contributed by atoms with Gasteiger partial charge in [0, 0.05) is 24.2 Å². The highest BCUT2D eigenvalue weighted by Gasteiger charge is 2.39. The first-order valence-electron chi connectivity index (χ1n) is 6.96. The molecule has 110 valence electrons. The van der Waals surface area contributed by atoms with E-state index in [1.807, 2.05) is 44.2 Å². The third-order valence-electron chi connectivity index (χ3n) is 3.90. The molecule has 0 bridgehead atoms. The lowest BCUT2D eigenvalue weighted by Gasteiger charge is -2.29. The number of hydrogen-bond donors (Lipinski definition) is 2. The molecule has 1 heterocycles. The summed E-state index contributed by atoms with van der Waals surface area (Å²) in [7, 11) is 0. The van der Waals surface area contributed by atoms with Crippen molar-refractivity contribution in [3.05, 3.63) is 47.2 Å². The quantitative estimate of drug-likeness (QED) is 0.672. The molecular formula is C17H20N2O2. The van der Waals surface area contributed by atoms with Gasteiger partial charge in [-0.3, -0.25) is 4.90 Å². The van der Waals surface area contributed by atoms with Crippen LogP contribution in [0.3, 0.4) is 0 Å². The van der Waals surface area contributed by atoms with E-state index in [9.17, 15) is 9.90 Å². The number of allylic oxidation sites excluding steroid dienone is 6. The van der Waals surface area contributed by atoms with E-state index in [0.29, 0.717) is 13.0 Å². The van der Waals surface area contributed by atoms with Gasteiger partial charge in [-0.15, -0.1) is 0 Å². The summed E-state index contributed by atoms with van der Waals surface area (Å²) in [6.07, 6.45) is 10.1. The van der Waals surface area contributed by atoms with Gasteiger partial charge in [-0.25, -0.2) is 4.79 Å². The lowest BCUT2D eigenvalue weighted by molar-refractivity contribution is 0.124. The maximum absolute atomic E-state index is 11.2. The molecule has 0 saturated carbocycles. The molecule has 1 aliphatic heterocycles. The lowest BCUT2D eigenvalue weighted by atomic mass is 9.95. The number of rotatable bonds is 0. The first-order valence-corrected chi connectivity index (χ1v) is 6.96. The zero-order chi connectivity index (χ0) is 15.5. The number of amides is 1. The van der Waals surface area contributed by atoms with Gasteiger partial charge in [-0.2, -0.15) is 0 Å². The molecule has 4 heteroatoms. The summed E-state index contributed by atoms with van der Waals surface area (Å²) in [6.45, 7) is 4.35. The Morgan fingerprint density at radius 1 is 1.52 bits per heavy atom. The summed E-state index contributed by atoms with van der Waals surface area (Å²) in [4.78, 5) is 12.6. The smallest absolute Gasteiger partial charge is 0.408 e. The highest BCUT2D eigenvalue weighted by Crippen LogP contribution is 2.33. The summed E-state index contributed by atoms with van der Waals surface area (Å²) >= 11 is 0.